The van der Waals surface area contributed by atoms with Crippen molar-refractivity contribution in [3.8, 4) is 5.75 Å². The molecule has 6 nitrogen and oxygen atoms in total. The highest BCUT2D eigenvalue weighted by Gasteiger charge is 2.35. The van der Waals surface area contributed by atoms with Crippen LogP contribution in [0.15, 0.2) is 75.8 Å². The number of halogens is 2. The van der Waals surface area contributed by atoms with E-state index in [1.54, 1.807) is 48.5 Å². The lowest BCUT2D eigenvalue weighted by atomic mass is 10.1. The highest BCUT2D eigenvalue weighted by atomic mass is 35.5. The second-order valence-corrected chi connectivity index (χ2v) is 9.04. The smallest absolute Gasteiger partial charge is 0.293 e. The van der Waals surface area contributed by atoms with Gasteiger partial charge in [0.15, 0.2) is 0 Å². The van der Waals surface area contributed by atoms with Crippen molar-refractivity contribution < 1.29 is 14.7 Å². The van der Waals surface area contributed by atoms with Crippen molar-refractivity contribution in [3.63, 3.8) is 0 Å². The van der Waals surface area contributed by atoms with Crippen LogP contribution < -0.4 is 0 Å². The number of nitrogens with zero attached hydrogens (tertiary/aromatic N) is 3. The van der Waals surface area contributed by atoms with Gasteiger partial charge in [0.1, 0.15) is 5.75 Å². The summed E-state index contributed by atoms with van der Waals surface area (Å²) in [5.74, 6) is -0.504. The lowest BCUT2D eigenvalue weighted by Gasteiger charge is -2.13. The van der Waals surface area contributed by atoms with E-state index in [0.717, 1.165) is 22.2 Å². The van der Waals surface area contributed by atoms with Crippen molar-refractivity contribution in [3.05, 3.63) is 92.3 Å². The summed E-state index contributed by atoms with van der Waals surface area (Å²) in [6.45, 7) is 1.96. The summed E-state index contributed by atoms with van der Waals surface area (Å²) in [6.07, 6.45) is 1.47. The van der Waals surface area contributed by atoms with E-state index in [-0.39, 0.29) is 17.2 Å². The Morgan fingerprint density at radius 3 is 2.39 bits per heavy atom. The zero-order valence-electron chi connectivity index (χ0n) is 17.3. The van der Waals surface area contributed by atoms with Crippen molar-refractivity contribution in [2.45, 2.75) is 13.5 Å². The number of hydrogen-bond acceptors (Lipinski definition) is 6. The van der Waals surface area contributed by atoms with E-state index in [1.807, 2.05) is 13.0 Å². The number of thioether (sulfide) groups is 1. The Labute approximate surface area is 204 Å². The van der Waals surface area contributed by atoms with E-state index >= 15 is 0 Å². The second kappa shape index (κ2) is 9.79. The molecule has 0 saturated carbocycles. The summed E-state index contributed by atoms with van der Waals surface area (Å²) in [7, 11) is 0. The molecule has 0 radical (unpaired) electrons. The Morgan fingerprint density at radius 1 is 0.970 bits per heavy atom. The van der Waals surface area contributed by atoms with Gasteiger partial charge in [-0.3, -0.25) is 14.5 Å². The molecule has 1 aliphatic heterocycles. The fourth-order valence-electron chi connectivity index (χ4n) is 3.05. The molecule has 33 heavy (non-hydrogen) atoms. The van der Waals surface area contributed by atoms with Crippen LogP contribution in [0.25, 0.3) is 6.08 Å². The maximum atomic E-state index is 12.8. The quantitative estimate of drug-likeness (QED) is 0.289. The van der Waals surface area contributed by atoms with Crippen LogP contribution in [0.2, 0.25) is 10.0 Å². The summed E-state index contributed by atoms with van der Waals surface area (Å²) in [4.78, 5) is 26.6. The summed E-state index contributed by atoms with van der Waals surface area (Å²) in [5, 5.41) is 19.3. The van der Waals surface area contributed by atoms with Gasteiger partial charge in [-0.25, -0.2) is 0 Å². The molecule has 0 spiro atoms. The number of azo groups is 1. The van der Waals surface area contributed by atoms with Gasteiger partial charge in [0.05, 0.1) is 22.8 Å². The first-order valence-corrected chi connectivity index (χ1v) is 11.4. The SMILES string of the molecule is Cc1ccc(N=Nc2ccc(O)c(/C=C3\SC(=O)N(Cc4ccccc4Cl)C3=O)c2)cc1Cl. The Hall–Kier alpha value is -3.13. The predicted octanol–water partition coefficient (Wildman–Crippen LogP) is 7.66. The molecule has 1 fully saturated rings. The highest BCUT2D eigenvalue weighted by Crippen LogP contribution is 2.36. The van der Waals surface area contributed by atoms with Crippen LogP contribution in [0.1, 0.15) is 16.7 Å². The van der Waals surface area contributed by atoms with E-state index in [1.165, 1.54) is 12.1 Å². The number of aromatic hydroxyl groups is 1. The van der Waals surface area contributed by atoms with Gasteiger partial charge < -0.3 is 5.11 Å². The monoisotopic (exact) mass is 497 g/mol. The number of phenols is 1. The number of benzene rings is 3. The largest absolute Gasteiger partial charge is 0.507 e. The first-order chi connectivity index (χ1) is 15.8. The first-order valence-electron chi connectivity index (χ1n) is 9.81. The van der Waals surface area contributed by atoms with Crippen molar-refractivity contribution in [2.24, 2.45) is 10.2 Å². The van der Waals surface area contributed by atoms with Crippen LogP contribution in [0.3, 0.4) is 0 Å². The topological polar surface area (TPSA) is 82.3 Å². The molecule has 9 heteroatoms. The molecular weight excluding hydrogens is 481 g/mol. The number of imide groups is 1. The van der Waals surface area contributed by atoms with E-state index in [9.17, 15) is 14.7 Å². The second-order valence-electron chi connectivity index (χ2n) is 7.24. The Balaban J connectivity index is 1.56. The average Bonchev–Trinajstić information content (AvgIpc) is 3.05. The van der Waals surface area contributed by atoms with Crippen molar-refractivity contribution in [1.29, 1.82) is 0 Å². The zero-order valence-corrected chi connectivity index (χ0v) is 19.7. The summed E-state index contributed by atoms with van der Waals surface area (Å²) in [6, 6.07) is 17.0. The van der Waals surface area contributed by atoms with Crippen LogP contribution in [-0.4, -0.2) is 21.2 Å². The van der Waals surface area contributed by atoms with Gasteiger partial charge in [-0.05, 0) is 72.3 Å². The molecule has 1 N–H and O–H groups in total. The fraction of sp³-hybridized carbons (Fsp3) is 0.0833. The molecule has 0 aliphatic carbocycles. The molecule has 0 atom stereocenters. The third kappa shape index (κ3) is 5.27. The van der Waals surface area contributed by atoms with E-state index in [2.05, 4.69) is 10.2 Å². The van der Waals surface area contributed by atoms with E-state index in [0.29, 0.717) is 32.5 Å². The van der Waals surface area contributed by atoms with Crippen molar-refractivity contribution >= 4 is 63.6 Å². The van der Waals surface area contributed by atoms with Crippen LogP contribution >= 0.6 is 35.0 Å². The maximum absolute atomic E-state index is 12.8. The third-order valence-corrected chi connectivity index (χ3v) is 6.58. The molecule has 0 unspecified atom stereocenters. The molecule has 1 saturated heterocycles. The molecule has 4 rings (SSSR count). The molecule has 0 aromatic heterocycles. The number of hydrogen-bond donors (Lipinski definition) is 1. The third-order valence-electron chi connectivity index (χ3n) is 4.89. The van der Waals surface area contributed by atoms with Gasteiger partial charge in [0.25, 0.3) is 11.1 Å². The van der Waals surface area contributed by atoms with E-state index < -0.39 is 11.1 Å². The number of carbonyl (C=O) groups is 2. The molecule has 3 aromatic rings. The molecule has 3 aromatic carbocycles. The molecule has 1 aliphatic rings. The zero-order chi connectivity index (χ0) is 23.5. The van der Waals surface area contributed by atoms with Gasteiger partial charge in [0.2, 0.25) is 0 Å². The Morgan fingerprint density at radius 2 is 1.67 bits per heavy atom. The molecule has 1 heterocycles. The van der Waals surface area contributed by atoms with Crippen molar-refractivity contribution in [1.82, 2.24) is 4.90 Å². The van der Waals surface area contributed by atoms with E-state index in [4.69, 9.17) is 23.2 Å². The number of amides is 2. The van der Waals surface area contributed by atoms with Gasteiger partial charge in [-0.1, -0.05) is 47.5 Å². The van der Waals surface area contributed by atoms with Gasteiger partial charge in [-0.15, -0.1) is 0 Å². The van der Waals surface area contributed by atoms with Gasteiger partial charge in [0, 0.05) is 15.6 Å². The molecule has 0 bridgehead atoms. The normalized spacial score (nSPS) is 15.2. The van der Waals surface area contributed by atoms with Crippen LogP contribution in [0.5, 0.6) is 5.75 Å². The molecule has 2 amide bonds. The van der Waals surface area contributed by atoms with Crippen LogP contribution in [0, 0.1) is 6.92 Å². The van der Waals surface area contributed by atoms with Crippen LogP contribution in [0.4, 0.5) is 16.2 Å². The number of rotatable bonds is 5. The Bertz CT molecular complexity index is 1320. The number of aryl methyl sites for hydroxylation is 1. The van der Waals surface area contributed by atoms with Gasteiger partial charge in [-0.2, -0.15) is 10.2 Å². The number of carbonyl (C=O) groups excluding carboxylic acids is 2. The lowest BCUT2D eigenvalue weighted by Crippen LogP contribution is -2.27. The number of phenolic OH excluding ortho intramolecular Hbond substituents is 1. The fourth-order valence-corrected chi connectivity index (χ4v) is 4.25. The minimum Gasteiger partial charge on any atom is -0.507 e. The Kier molecular flexibility index (Phi) is 6.83. The molecular formula is C24H17Cl2N3O3S. The van der Waals surface area contributed by atoms with Gasteiger partial charge >= 0.3 is 0 Å². The summed E-state index contributed by atoms with van der Waals surface area (Å²) < 4.78 is 0. The first kappa shape index (κ1) is 23.0. The van der Waals surface area contributed by atoms with Crippen LogP contribution in [-0.2, 0) is 11.3 Å². The molecule has 166 valence electrons. The minimum absolute atomic E-state index is 0.0507. The maximum Gasteiger partial charge on any atom is 0.293 e. The highest BCUT2D eigenvalue weighted by molar-refractivity contribution is 8.18. The minimum atomic E-state index is -0.453. The van der Waals surface area contributed by atoms with Crippen molar-refractivity contribution in [2.75, 3.05) is 0 Å². The summed E-state index contributed by atoms with van der Waals surface area (Å²) in [5.41, 5.74) is 3.00. The summed E-state index contributed by atoms with van der Waals surface area (Å²) >= 11 is 13.1. The lowest BCUT2D eigenvalue weighted by molar-refractivity contribution is -0.123. The standard InChI is InChI=1S/C24H17Cl2N3O3S/c1-14-6-7-18(12-20(14)26)28-27-17-8-9-21(30)16(10-17)11-22-23(31)29(24(32)33-22)13-15-4-2-3-5-19(15)25/h2-12,30H,13H2,1H3/b22-11-,28-27?. The average molecular weight is 498 g/mol. The predicted molar refractivity (Wildman–Crippen MR) is 131 cm³/mol.